The van der Waals surface area contributed by atoms with E-state index in [1.807, 2.05) is 32.0 Å². The predicted octanol–water partition coefficient (Wildman–Crippen LogP) is 1.74. The van der Waals surface area contributed by atoms with E-state index < -0.39 is 21.1 Å². The van der Waals surface area contributed by atoms with Crippen LogP contribution in [0.25, 0.3) is 0 Å². The van der Waals surface area contributed by atoms with Gasteiger partial charge in [0.15, 0.2) is 9.84 Å². The van der Waals surface area contributed by atoms with Crippen LogP contribution >= 0.6 is 0 Å². The molecule has 0 amide bonds. The number of nitrogens with two attached hydrogens (primary N) is 1. The van der Waals surface area contributed by atoms with Gasteiger partial charge < -0.3 is 5.73 Å². The summed E-state index contributed by atoms with van der Waals surface area (Å²) < 4.78 is 22.8. The normalized spacial score (nSPS) is 15.8. The van der Waals surface area contributed by atoms with Crippen molar-refractivity contribution in [3.05, 3.63) is 34.9 Å². The Morgan fingerprint density at radius 2 is 1.75 bits per heavy atom. The number of aryl methyl sites for hydroxylation is 2. The van der Waals surface area contributed by atoms with Crippen LogP contribution in [0.3, 0.4) is 0 Å². The monoisotopic (exact) mass is 241 g/mol. The molecule has 0 aromatic heterocycles. The van der Waals surface area contributed by atoms with E-state index in [1.54, 1.807) is 6.92 Å². The van der Waals surface area contributed by atoms with Crippen molar-refractivity contribution in [1.82, 2.24) is 0 Å². The lowest BCUT2D eigenvalue weighted by atomic mass is 10.00. The average Bonchev–Trinajstić information content (AvgIpc) is 2.18. The van der Waals surface area contributed by atoms with Gasteiger partial charge in [-0.15, -0.1) is 0 Å². The molecule has 2 unspecified atom stereocenters. The number of benzene rings is 1. The van der Waals surface area contributed by atoms with Crippen LogP contribution in [0.4, 0.5) is 0 Å². The molecule has 1 aromatic carbocycles. The van der Waals surface area contributed by atoms with Crippen molar-refractivity contribution in [3.8, 4) is 0 Å². The fraction of sp³-hybridized carbons (Fsp3) is 0.500. The number of hydrogen-bond donors (Lipinski definition) is 1. The molecular formula is C12H19NO2S. The highest BCUT2D eigenvalue weighted by Crippen LogP contribution is 2.21. The van der Waals surface area contributed by atoms with Crippen LogP contribution in [-0.2, 0) is 9.84 Å². The highest BCUT2D eigenvalue weighted by Gasteiger charge is 2.24. The van der Waals surface area contributed by atoms with Gasteiger partial charge in [0, 0.05) is 12.3 Å². The zero-order valence-electron chi connectivity index (χ0n) is 10.2. The molecule has 0 saturated heterocycles. The fourth-order valence-corrected chi connectivity index (χ4v) is 2.20. The third kappa shape index (κ3) is 2.83. The second-order valence-electron chi connectivity index (χ2n) is 4.40. The molecule has 3 nitrogen and oxygen atoms in total. The number of rotatable bonds is 3. The first kappa shape index (κ1) is 13.2. The van der Waals surface area contributed by atoms with Gasteiger partial charge in [-0.25, -0.2) is 8.42 Å². The first-order valence-corrected chi connectivity index (χ1v) is 7.20. The van der Waals surface area contributed by atoms with Crippen LogP contribution in [-0.4, -0.2) is 19.9 Å². The van der Waals surface area contributed by atoms with E-state index in [-0.39, 0.29) is 0 Å². The van der Waals surface area contributed by atoms with Crippen molar-refractivity contribution in [2.24, 2.45) is 5.73 Å². The summed E-state index contributed by atoms with van der Waals surface area (Å²) in [5, 5.41) is -0.561. The minimum absolute atomic E-state index is 0.464. The van der Waals surface area contributed by atoms with Gasteiger partial charge in [-0.1, -0.05) is 18.2 Å². The van der Waals surface area contributed by atoms with E-state index >= 15 is 0 Å². The minimum atomic E-state index is -3.10. The third-order valence-electron chi connectivity index (χ3n) is 3.10. The van der Waals surface area contributed by atoms with Crippen LogP contribution in [0, 0.1) is 13.8 Å². The standard InChI is InChI=1S/C12H19NO2S/c1-8-5-6-11(7-9(8)2)12(13)10(3)16(4,14)15/h5-7,10,12H,13H2,1-4H3. The lowest BCUT2D eigenvalue weighted by Gasteiger charge is -2.19. The van der Waals surface area contributed by atoms with Gasteiger partial charge in [-0.2, -0.15) is 0 Å². The molecule has 16 heavy (non-hydrogen) atoms. The molecule has 0 bridgehead atoms. The van der Waals surface area contributed by atoms with Gasteiger partial charge in [0.25, 0.3) is 0 Å². The largest absolute Gasteiger partial charge is 0.323 e. The highest BCUT2D eigenvalue weighted by atomic mass is 32.2. The first-order chi connectivity index (χ1) is 7.23. The highest BCUT2D eigenvalue weighted by molar-refractivity contribution is 7.91. The molecular weight excluding hydrogens is 222 g/mol. The quantitative estimate of drug-likeness (QED) is 0.876. The van der Waals surface area contributed by atoms with E-state index in [0.29, 0.717) is 0 Å². The second-order valence-corrected chi connectivity index (χ2v) is 6.81. The Labute approximate surface area is 97.6 Å². The zero-order valence-corrected chi connectivity index (χ0v) is 11.0. The van der Waals surface area contributed by atoms with Crippen LogP contribution in [0.15, 0.2) is 18.2 Å². The van der Waals surface area contributed by atoms with E-state index in [1.165, 1.54) is 11.8 Å². The lowest BCUT2D eigenvalue weighted by Crippen LogP contribution is -2.30. The van der Waals surface area contributed by atoms with E-state index in [9.17, 15) is 8.42 Å². The molecule has 0 fully saturated rings. The van der Waals surface area contributed by atoms with Gasteiger partial charge in [0.1, 0.15) is 0 Å². The topological polar surface area (TPSA) is 60.2 Å². The summed E-state index contributed by atoms with van der Waals surface area (Å²) in [5.74, 6) is 0. The average molecular weight is 241 g/mol. The van der Waals surface area contributed by atoms with Crippen molar-refractivity contribution < 1.29 is 8.42 Å². The Balaban J connectivity index is 3.06. The molecule has 90 valence electrons. The van der Waals surface area contributed by atoms with Gasteiger partial charge in [-0.3, -0.25) is 0 Å². The summed E-state index contributed by atoms with van der Waals surface area (Å²) >= 11 is 0. The summed E-state index contributed by atoms with van der Waals surface area (Å²) in [7, 11) is -3.10. The Morgan fingerprint density at radius 1 is 1.19 bits per heavy atom. The first-order valence-electron chi connectivity index (χ1n) is 5.25. The molecule has 0 aliphatic heterocycles. The maximum atomic E-state index is 11.4. The molecule has 1 aromatic rings. The van der Waals surface area contributed by atoms with E-state index in [0.717, 1.165) is 11.1 Å². The SMILES string of the molecule is Cc1ccc(C(N)C(C)S(C)(=O)=O)cc1C. The molecule has 0 saturated carbocycles. The van der Waals surface area contributed by atoms with Crippen LogP contribution in [0.2, 0.25) is 0 Å². The van der Waals surface area contributed by atoms with E-state index in [4.69, 9.17) is 5.73 Å². The summed E-state index contributed by atoms with van der Waals surface area (Å²) in [4.78, 5) is 0. The molecule has 0 heterocycles. The third-order valence-corrected chi connectivity index (χ3v) is 4.74. The maximum absolute atomic E-state index is 11.4. The van der Waals surface area contributed by atoms with Crippen molar-refractivity contribution in [1.29, 1.82) is 0 Å². The summed E-state index contributed by atoms with van der Waals surface area (Å²) in [5.41, 5.74) is 9.16. The summed E-state index contributed by atoms with van der Waals surface area (Å²) in [6.45, 7) is 5.66. The summed E-state index contributed by atoms with van der Waals surface area (Å²) in [6, 6.07) is 5.37. The fourth-order valence-electron chi connectivity index (χ4n) is 1.51. The Morgan fingerprint density at radius 3 is 2.19 bits per heavy atom. The van der Waals surface area contributed by atoms with E-state index in [2.05, 4.69) is 0 Å². The molecule has 1 rings (SSSR count). The molecule has 2 N–H and O–H groups in total. The molecule has 4 heteroatoms. The van der Waals surface area contributed by atoms with Crippen LogP contribution in [0.1, 0.15) is 29.7 Å². The number of sulfone groups is 1. The Hall–Kier alpha value is -0.870. The lowest BCUT2D eigenvalue weighted by molar-refractivity contribution is 0.570. The van der Waals surface area contributed by atoms with Crippen molar-refractivity contribution in [3.63, 3.8) is 0 Å². The molecule has 0 spiro atoms. The van der Waals surface area contributed by atoms with Crippen molar-refractivity contribution >= 4 is 9.84 Å². The maximum Gasteiger partial charge on any atom is 0.151 e. The van der Waals surface area contributed by atoms with Gasteiger partial charge in [0.05, 0.1) is 5.25 Å². The molecule has 0 radical (unpaired) electrons. The molecule has 0 aliphatic carbocycles. The predicted molar refractivity (Wildman–Crippen MR) is 67.2 cm³/mol. The minimum Gasteiger partial charge on any atom is -0.323 e. The Bertz CT molecular complexity index is 480. The van der Waals surface area contributed by atoms with Gasteiger partial charge in [0.2, 0.25) is 0 Å². The van der Waals surface area contributed by atoms with Crippen LogP contribution < -0.4 is 5.73 Å². The van der Waals surface area contributed by atoms with Gasteiger partial charge >= 0.3 is 0 Å². The van der Waals surface area contributed by atoms with Crippen LogP contribution in [0.5, 0.6) is 0 Å². The van der Waals surface area contributed by atoms with Crippen molar-refractivity contribution in [2.75, 3.05) is 6.26 Å². The number of hydrogen-bond acceptors (Lipinski definition) is 3. The molecule has 2 atom stereocenters. The summed E-state index contributed by atoms with van der Waals surface area (Å²) in [6.07, 6.45) is 1.22. The second kappa shape index (κ2) is 4.55. The Kier molecular flexibility index (Phi) is 3.76. The van der Waals surface area contributed by atoms with Gasteiger partial charge in [-0.05, 0) is 37.5 Å². The van der Waals surface area contributed by atoms with Crippen molar-refractivity contribution in [2.45, 2.75) is 32.1 Å². The smallest absolute Gasteiger partial charge is 0.151 e. The zero-order chi connectivity index (χ0) is 12.5. The molecule has 0 aliphatic rings.